The molecule has 80 heavy (non-hydrogen) atoms. The molecule has 4 saturated heterocycles. The number of likely N-dealkylation sites (tertiary alicyclic amines) is 2. The van der Waals surface area contributed by atoms with E-state index in [9.17, 15) is 24.8 Å². The Labute approximate surface area is 477 Å². The van der Waals surface area contributed by atoms with Crippen molar-refractivity contribution in [2.24, 2.45) is 5.41 Å². The Bertz CT molecular complexity index is 3350. The fourth-order valence-corrected chi connectivity index (χ4v) is 13.3. The first-order valence-electron chi connectivity index (χ1n) is 27.4. The number of benzene rings is 4. The van der Waals surface area contributed by atoms with Gasteiger partial charge in [0.05, 0.1) is 34.0 Å². The van der Waals surface area contributed by atoms with E-state index in [4.69, 9.17) is 43.4 Å². The minimum Gasteiger partial charge on any atom is -0.462 e. The Balaban J connectivity index is 0.735. The number of piperazine rings is 1. The van der Waals surface area contributed by atoms with Crippen LogP contribution in [0.25, 0.3) is 43.2 Å². The molecule has 7 atom stereocenters. The number of nitrogens with zero attached hydrogens (tertiary/aromatic N) is 6. The Kier molecular flexibility index (Phi) is 17.2. The second-order valence-corrected chi connectivity index (χ2v) is 24.4. The van der Waals surface area contributed by atoms with Crippen molar-refractivity contribution >= 4 is 84.1 Å². The molecule has 2 bridgehead atoms. The van der Waals surface area contributed by atoms with E-state index in [0.717, 1.165) is 60.3 Å². The first-order chi connectivity index (χ1) is 38.4. The predicted molar refractivity (Wildman–Crippen MR) is 308 cm³/mol. The molecule has 10 rings (SSSR count). The highest BCUT2D eigenvalue weighted by Gasteiger charge is 2.45. The number of ether oxygens (including phenoxy) is 2. The van der Waals surface area contributed by atoms with Crippen LogP contribution in [0, 0.1) is 28.4 Å². The number of aromatic nitrogens is 2. The van der Waals surface area contributed by atoms with Gasteiger partial charge in [-0.25, -0.2) is 8.78 Å². The van der Waals surface area contributed by atoms with E-state index in [0.29, 0.717) is 48.9 Å². The number of anilines is 2. The van der Waals surface area contributed by atoms with Crippen LogP contribution in [0.5, 0.6) is 6.01 Å². The number of halogens is 4. The van der Waals surface area contributed by atoms with Crippen LogP contribution in [0.15, 0.2) is 66.7 Å². The highest BCUT2D eigenvalue weighted by Crippen LogP contribution is 2.46. The van der Waals surface area contributed by atoms with Crippen LogP contribution in [0.3, 0.4) is 0 Å². The third kappa shape index (κ3) is 12.0. The third-order valence-electron chi connectivity index (χ3n) is 15.9. The van der Waals surface area contributed by atoms with Gasteiger partial charge in [-0.05, 0) is 85.9 Å². The van der Waals surface area contributed by atoms with Crippen molar-refractivity contribution in [1.29, 1.82) is 5.26 Å². The lowest BCUT2D eigenvalue weighted by molar-refractivity contribution is -0.144. The van der Waals surface area contributed by atoms with Gasteiger partial charge in [-0.3, -0.25) is 19.3 Å². The zero-order valence-electron chi connectivity index (χ0n) is 45.2. The Morgan fingerprint density at radius 1 is 0.975 bits per heavy atom. The van der Waals surface area contributed by atoms with E-state index in [1.165, 1.54) is 17.0 Å². The number of nitrogen functional groups attached to an aromatic ring is 1. The summed E-state index contributed by atoms with van der Waals surface area (Å²) in [6, 6.07) is 19.8. The number of hydrogen-bond donors (Lipinski definition) is 5. The molecular formula is C59H66Cl2F2N10O6S. The maximum Gasteiger partial charge on any atom is 0.319 e. The monoisotopic (exact) mass is 1150 g/mol. The molecule has 3 amide bonds. The van der Waals surface area contributed by atoms with Crippen molar-refractivity contribution in [1.82, 2.24) is 35.7 Å². The standard InChI is InChI=1S/C59H66Cl2F2N10O6S/c1-32(33-12-14-34(15-13-33)39-10-5-6-11-43(39)60)66-56(76)46-25-38(74)30-73(46)57(77)53(59(2,3)4)68-47(75)20-24-78-23-8-22-71-21-7-9-37(71)31-79-58-69-51-41(55(70-58)72-28-35-16-17-36(29-72)67-35)26-44(61)49(50(51)63)40-18-19-45(62)52-48(40)42(27-64)54(65)80-52/h5-6,10-15,18-19,26,32,35-38,46,53,67,74H,7-9,16-17,20-25,28-31,65H2,1-4H3,(H,66,76)(H,68,75)/t32-,35?,36?,37-,38+,46-,53+/m0/s1. The van der Waals surface area contributed by atoms with Crippen LogP contribution in [0.1, 0.15) is 89.8 Å². The summed E-state index contributed by atoms with van der Waals surface area (Å²) in [7, 11) is 0. The minimum atomic E-state index is -0.976. The summed E-state index contributed by atoms with van der Waals surface area (Å²) >= 11 is 14.3. The van der Waals surface area contributed by atoms with Gasteiger partial charge >= 0.3 is 6.01 Å². The molecule has 4 aliphatic rings. The highest BCUT2D eigenvalue weighted by molar-refractivity contribution is 7.23. The number of nitriles is 1. The molecule has 6 aromatic rings. The number of hydrogen-bond acceptors (Lipinski definition) is 14. The van der Waals surface area contributed by atoms with Gasteiger partial charge < -0.3 is 46.1 Å². The number of amides is 3. The number of fused-ring (bicyclic) bond motifs is 4. The lowest BCUT2D eigenvalue weighted by Crippen LogP contribution is -2.58. The number of nitrogens with two attached hydrogens (primary N) is 1. The van der Waals surface area contributed by atoms with Gasteiger partial charge in [-0.1, -0.05) is 92.5 Å². The summed E-state index contributed by atoms with van der Waals surface area (Å²) in [6.07, 6.45) is 3.67. The molecule has 4 aliphatic heterocycles. The van der Waals surface area contributed by atoms with Gasteiger partial charge in [0.1, 0.15) is 46.9 Å². The van der Waals surface area contributed by atoms with E-state index >= 15 is 8.78 Å². The zero-order valence-corrected chi connectivity index (χ0v) is 47.5. The maximum absolute atomic E-state index is 17.3. The van der Waals surface area contributed by atoms with Crippen LogP contribution in [0.4, 0.5) is 19.6 Å². The van der Waals surface area contributed by atoms with Gasteiger partial charge in [0.25, 0.3) is 0 Å². The highest BCUT2D eigenvalue weighted by atomic mass is 35.5. The van der Waals surface area contributed by atoms with Crippen molar-refractivity contribution in [3.05, 3.63) is 99.5 Å². The largest absolute Gasteiger partial charge is 0.462 e. The van der Waals surface area contributed by atoms with E-state index < -0.39 is 53.1 Å². The molecule has 16 nitrogen and oxygen atoms in total. The van der Waals surface area contributed by atoms with E-state index in [-0.39, 0.29) is 105 Å². The van der Waals surface area contributed by atoms with Crippen LogP contribution in [-0.4, -0.2) is 131 Å². The molecule has 4 aromatic carbocycles. The molecule has 0 saturated carbocycles. The first kappa shape index (κ1) is 57.0. The summed E-state index contributed by atoms with van der Waals surface area (Å²) in [4.78, 5) is 56.9. The van der Waals surface area contributed by atoms with Crippen molar-refractivity contribution in [2.45, 2.75) is 115 Å². The van der Waals surface area contributed by atoms with Gasteiger partial charge in [0.2, 0.25) is 17.7 Å². The molecule has 0 aliphatic carbocycles. The average Bonchev–Trinajstić information content (AvgIpc) is 4.26. The maximum atomic E-state index is 17.3. The molecule has 4 fully saturated rings. The normalized spacial score (nSPS) is 21.0. The summed E-state index contributed by atoms with van der Waals surface area (Å²) in [5.41, 5.74) is 8.35. The number of thiophene rings is 1. The number of nitrogens with one attached hydrogen (secondary N) is 3. The molecule has 2 aromatic heterocycles. The van der Waals surface area contributed by atoms with E-state index in [1.807, 2.05) is 76.2 Å². The van der Waals surface area contributed by atoms with E-state index in [2.05, 4.69) is 36.8 Å². The molecule has 0 radical (unpaired) electrons. The lowest BCUT2D eigenvalue weighted by Gasteiger charge is -2.35. The number of carbonyl (C=O) groups excluding carboxylic acids is 3. The molecule has 2 unspecified atom stereocenters. The summed E-state index contributed by atoms with van der Waals surface area (Å²) < 4.78 is 44.8. The van der Waals surface area contributed by atoms with Gasteiger partial charge in [0.15, 0.2) is 5.82 Å². The fraction of sp³-hybridized carbons (Fsp3) is 0.458. The van der Waals surface area contributed by atoms with Crippen molar-refractivity contribution in [3.8, 4) is 34.3 Å². The molecule has 6 N–H and O–H groups in total. The minimum absolute atomic E-state index is 0.00834. The van der Waals surface area contributed by atoms with Crippen LogP contribution in [-0.2, 0) is 19.1 Å². The predicted octanol–water partition coefficient (Wildman–Crippen LogP) is 9.17. The van der Waals surface area contributed by atoms with Crippen molar-refractivity contribution < 1.29 is 37.7 Å². The number of carbonyl (C=O) groups is 3. The lowest BCUT2D eigenvalue weighted by atomic mass is 9.85. The number of β-amino-alcohol motifs (C(OH)–C–C–N with tert-alkyl or cyclic N) is 1. The number of aliphatic hydroxyl groups is 1. The summed E-state index contributed by atoms with van der Waals surface area (Å²) in [6.45, 7) is 10.9. The first-order valence-corrected chi connectivity index (χ1v) is 28.9. The topological polar surface area (TPSA) is 211 Å². The molecule has 0 spiro atoms. The number of aliphatic hydroxyl groups excluding tert-OH is 1. The number of rotatable bonds is 18. The molecule has 21 heteroatoms. The summed E-state index contributed by atoms with van der Waals surface area (Å²) in [5.74, 6) is -2.04. The molecule has 422 valence electrons. The smallest absolute Gasteiger partial charge is 0.319 e. The third-order valence-corrected chi connectivity index (χ3v) is 17.6. The second-order valence-electron chi connectivity index (χ2n) is 22.5. The molecular weight excluding hydrogens is 1090 g/mol. The molecule has 6 heterocycles. The van der Waals surface area contributed by atoms with Gasteiger partial charge in [0, 0.05) is 90.7 Å². The zero-order chi connectivity index (χ0) is 56.6. The SMILES string of the molecule is C[C@H](NC(=O)[C@@H]1C[C@@H](O)CN1C(=O)[C@@H](NC(=O)CCOCCCN1CCC[C@H]1COc1nc(N2CC3CCC(C2)N3)c2cc(Cl)c(-c3ccc(F)c4sc(N)c(C#N)c34)c(F)c2n1)C(C)(C)C)c1ccc(-c2ccccc2Cl)cc1. The van der Waals surface area contributed by atoms with Crippen LogP contribution in [0.2, 0.25) is 10.0 Å². The van der Waals surface area contributed by atoms with Gasteiger partial charge in [-0.2, -0.15) is 15.2 Å². The van der Waals surface area contributed by atoms with E-state index in [1.54, 1.807) is 6.07 Å². The van der Waals surface area contributed by atoms with Crippen LogP contribution >= 0.6 is 34.5 Å². The Morgan fingerprint density at radius 2 is 1.73 bits per heavy atom. The van der Waals surface area contributed by atoms with Gasteiger partial charge in [-0.15, -0.1) is 11.3 Å². The second kappa shape index (κ2) is 24.1. The quantitative estimate of drug-likeness (QED) is 0.0509. The Hall–Kier alpha value is -6.24. The average molecular weight is 1150 g/mol. The fourth-order valence-electron chi connectivity index (χ4n) is 11.8. The van der Waals surface area contributed by atoms with Crippen molar-refractivity contribution in [2.75, 3.05) is 63.2 Å². The summed E-state index contributed by atoms with van der Waals surface area (Å²) in [5, 5.41) is 31.7. The van der Waals surface area contributed by atoms with Crippen LogP contribution < -0.4 is 31.3 Å². The Morgan fingerprint density at radius 3 is 2.45 bits per heavy atom. The van der Waals surface area contributed by atoms with Crippen molar-refractivity contribution in [3.63, 3.8) is 0 Å².